The number of methoxy groups -OCH3 is 1. The van der Waals surface area contributed by atoms with Gasteiger partial charge in [0, 0.05) is 40.4 Å². The highest BCUT2D eigenvalue weighted by Crippen LogP contribution is 2.46. The third-order valence-electron chi connectivity index (χ3n) is 12.1. The molecule has 4 heterocycles. The fourth-order valence-corrected chi connectivity index (χ4v) is 10.5. The second-order valence-electron chi connectivity index (χ2n) is 16.8. The van der Waals surface area contributed by atoms with Crippen LogP contribution in [-0.4, -0.2) is 78.4 Å². The van der Waals surface area contributed by atoms with Crippen LogP contribution in [0.3, 0.4) is 0 Å². The first-order chi connectivity index (χ1) is 30.3. The van der Waals surface area contributed by atoms with E-state index in [2.05, 4.69) is 29.2 Å². The second-order valence-corrected chi connectivity index (χ2v) is 19.3. The molecule has 5 aromatic rings. The molecule has 330 valence electrons. The third kappa shape index (κ3) is 9.28. The number of hydrogen-bond acceptors (Lipinski definition) is 11. The molecule has 3 N–H and O–H groups in total. The van der Waals surface area contributed by atoms with Gasteiger partial charge in [0.2, 0.25) is 11.8 Å². The fraction of sp³-hybridized carbons (Fsp3) is 0.383. The number of anilines is 1. The zero-order valence-electron chi connectivity index (χ0n) is 35.6. The molecule has 0 unspecified atom stereocenters. The fourth-order valence-electron chi connectivity index (χ4n) is 8.47. The van der Waals surface area contributed by atoms with E-state index >= 15 is 0 Å². The van der Waals surface area contributed by atoms with Crippen LogP contribution in [0.15, 0.2) is 95.2 Å². The lowest BCUT2D eigenvalue weighted by molar-refractivity contribution is -0.140. The molecule has 1 aliphatic carbocycles. The van der Waals surface area contributed by atoms with Gasteiger partial charge in [-0.05, 0) is 81.0 Å². The number of fused-ring (bicyclic) bond motifs is 3. The van der Waals surface area contributed by atoms with Gasteiger partial charge in [0.1, 0.15) is 51.7 Å². The Hall–Kier alpha value is -5.87. The maximum Gasteiger partial charge on any atom is 0.264 e. The van der Waals surface area contributed by atoms with Crippen LogP contribution in [0.1, 0.15) is 76.0 Å². The highest BCUT2D eigenvalue weighted by molar-refractivity contribution is 7.90. The summed E-state index contributed by atoms with van der Waals surface area (Å²) in [6.45, 7) is 6.07. The Morgan fingerprint density at radius 3 is 2.57 bits per heavy atom. The first kappa shape index (κ1) is 43.8. The van der Waals surface area contributed by atoms with Crippen molar-refractivity contribution >= 4 is 55.7 Å². The molecule has 1 saturated heterocycles. The van der Waals surface area contributed by atoms with Crippen LogP contribution >= 0.6 is 11.3 Å². The van der Waals surface area contributed by atoms with Crippen molar-refractivity contribution in [1.29, 1.82) is 0 Å². The van der Waals surface area contributed by atoms with E-state index in [1.165, 1.54) is 40.5 Å². The Kier molecular flexibility index (Phi) is 12.6. The van der Waals surface area contributed by atoms with E-state index in [1.807, 2.05) is 42.7 Å². The minimum atomic E-state index is -4.28. The van der Waals surface area contributed by atoms with E-state index in [0.717, 1.165) is 24.1 Å². The average Bonchev–Trinajstić information content (AvgIpc) is 3.54. The van der Waals surface area contributed by atoms with Crippen molar-refractivity contribution in [3.05, 3.63) is 107 Å². The van der Waals surface area contributed by atoms with Crippen LogP contribution in [-0.2, 0) is 24.4 Å². The lowest BCUT2D eigenvalue weighted by Crippen LogP contribution is -2.57. The summed E-state index contributed by atoms with van der Waals surface area (Å²) in [5.74, 6) is -1.49. The van der Waals surface area contributed by atoms with Crippen LogP contribution < -0.4 is 24.8 Å². The number of aromatic nitrogens is 2. The maximum absolute atomic E-state index is 14.9. The van der Waals surface area contributed by atoms with Crippen LogP contribution in [0.5, 0.6) is 11.5 Å². The summed E-state index contributed by atoms with van der Waals surface area (Å²) in [5, 5.41) is 9.59. The number of aryl methyl sites for hydroxylation is 1. The van der Waals surface area contributed by atoms with Crippen molar-refractivity contribution in [2.45, 2.75) is 100 Å². The molecule has 2 aliphatic heterocycles. The zero-order chi connectivity index (χ0) is 44.5. The quantitative estimate of drug-likeness (QED) is 0.118. The molecule has 8 rings (SSSR count). The number of allylic oxidation sites excluding steroid dienone is 1. The summed E-state index contributed by atoms with van der Waals surface area (Å²) in [5.41, 5.74) is 1.81. The molecular weight excluding hydrogens is 844 g/mol. The molecule has 0 radical (unpaired) electrons. The van der Waals surface area contributed by atoms with Crippen LogP contribution in [0.4, 0.5) is 10.1 Å². The second kappa shape index (κ2) is 18.1. The Morgan fingerprint density at radius 1 is 1.02 bits per heavy atom. The minimum Gasteiger partial charge on any atom is -0.496 e. The number of hydrogen-bond donors (Lipinski definition) is 3. The van der Waals surface area contributed by atoms with Gasteiger partial charge >= 0.3 is 0 Å². The molecule has 2 fully saturated rings. The number of thiazole rings is 1. The largest absolute Gasteiger partial charge is 0.496 e. The number of carbonyl (C=O) groups is 3. The number of sulfonamides is 1. The van der Waals surface area contributed by atoms with Crippen molar-refractivity contribution in [3.8, 4) is 22.2 Å². The van der Waals surface area contributed by atoms with Gasteiger partial charge in [-0.25, -0.2) is 27.5 Å². The summed E-state index contributed by atoms with van der Waals surface area (Å²) in [6.07, 6.45) is 6.68. The summed E-state index contributed by atoms with van der Waals surface area (Å²) in [4.78, 5) is 55.1. The molecule has 5 atom stereocenters. The topological polar surface area (TPSA) is 169 Å². The van der Waals surface area contributed by atoms with Crippen LogP contribution in [0.25, 0.3) is 21.6 Å². The number of nitrogens with zero attached hydrogens (tertiary/aromatic N) is 3. The first-order valence-electron chi connectivity index (χ1n) is 21.3. The predicted octanol–water partition coefficient (Wildman–Crippen LogP) is 7.67. The smallest absolute Gasteiger partial charge is 0.264 e. The van der Waals surface area contributed by atoms with E-state index in [4.69, 9.17) is 19.4 Å². The summed E-state index contributed by atoms with van der Waals surface area (Å²) < 4.78 is 55.9. The summed E-state index contributed by atoms with van der Waals surface area (Å²) in [7, 11) is -2.68. The number of carbonyl (C=O) groups excluding carboxylic acids is 3. The summed E-state index contributed by atoms with van der Waals surface area (Å²) in [6, 6.07) is 17.0. The molecule has 3 amide bonds. The molecule has 3 aliphatic rings. The van der Waals surface area contributed by atoms with Gasteiger partial charge in [0.25, 0.3) is 15.9 Å². The van der Waals surface area contributed by atoms with Crippen molar-refractivity contribution < 1.29 is 36.7 Å². The van der Waals surface area contributed by atoms with E-state index in [-0.39, 0.29) is 36.1 Å². The molecule has 1 saturated carbocycles. The number of amides is 3. The molecule has 63 heavy (non-hydrogen) atoms. The lowest BCUT2D eigenvalue weighted by atomic mass is 10.0. The molecule has 0 spiro atoms. The number of benzene rings is 3. The molecule has 16 heteroatoms. The van der Waals surface area contributed by atoms with Crippen molar-refractivity contribution in [2.24, 2.45) is 5.92 Å². The first-order valence-corrected chi connectivity index (χ1v) is 23.7. The standard InChI is InChI=1S/C47H51FN6O7S2/c1-28(2)38-27-62-44(51-38)37-24-41(35-20-21-40(60-4)29(3)42(35)50-37)61-33-23-39-43(55)52-47(46(57)53-63(58,59)34-17-10-8-11-18-34)25-30(47)14-9-6-5-7-12-19-36(45(56)54(39)26-33)49-32-16-13-15-31(48)22-32/h8-11,13-18,20-22,24,27-28,30,33,36,39,49H,5-7,12,19,23,25-26H2,1-4H3,(H,52,55)(H,53,57)/b14-9-/t30-,33-,36+,39+,47-/m1/s1. The van der Waals surface area contributed by atoms with Gasteiger partial charge in [-0.1, -0.05) is 63.1 Å². The number of rotatable bonds is 10. The number of nitrogens with one attached hydrogen (secondary N) is 3. The SMILES string of the molecule is COc1ccc2c(O[C@@H]3C[C@H]4C(=O)N[C@]5(C(=O)NS(=O)(=O)c6ccccc6)C[C@H]5/C=C\CCCCC[C@H](Nc5cccc(F)c5)C(=O)N4C3)cc(-c3nc(C(C)C)cs3)nc2c1C. The molecule has 13 nitrogen and oxygen atoms in total. The number of ether oxygens (including phenoxy) is 2. The van der Waals surface area contributed by atoms with Crippen molar-refractivity contribution in [1.82, 2.24) is 24.9 Å². The number of halogens is 1. The monoisotopic (exact) mass is 894 g/mol. The van der Waals surface area contributed by atoms with E-state index in [1.54, 1.807) is 37.4 Å². The Morgan fingerprint density at radius 2 is 1.83 bits per heavy atom. The molecule has 0 bridgehead atoms. The van der Waals surface area contributed by atoms with Crippen LogP contribution in [0.2, 0.25) is 0 Å². The van der Waals surface area contributed by atoms with Gasteiger partial charge in [0.15, 0.2) is 0 Å². The maximum atomic E-state index is 14.9. The van der Waals surface area contributed by atoms with Crippen molar-refractivity contribution in [2.75, 3.05) is 19.0 Å². The van der Waals surface area contributed by atoms with Gasteiger partial charge in [-0.15, -0.1) is 11.3 Å². The average molecular weight is 895 g/mol. The van der Waals surface area contributed by atoms with Gasteiger partial charge in [0.05, 0.1) is 29.8 Å². The highest BCUT2D eigenvalue weighted by Gasteiger charge is 2.61. The Bertz CT molecular complexity index is 2670. The lowest BCUT2D eigenvalue weighted by Gasteiger charge is -2.30. The summed E-state index contributed by atoms with van der Waals surface area (Å²) >= 11 is 1.48. The Labute approximate surface area is 370 Å². The van der Waals surface area contributed by atoms with Crippen LogP contribution in [0, 0.1) is 18.7 Å². The predicted molar refractivity (Wildman–Crippen MR) is 240 cm³/mol. The molecular formula is C47H51FN6O7S2. The van der Waals surface area contributed by atoms with E-state index < -0.39 is 57.3 Å². The minimum absolute atomic E-state index is 0.00615. The van der Waals surface area contributed by atoms with Gasteiger partial charge in [-0.3, -0.25) is 14.4 Å². The third-order valence-corrected chi connectivity index (χ3v) is 14.3. The zero-order valence-corrected chi connectivity index (χ0v) is 37.2. The normalized spacial score (nSPS) is 23.5. The van der Waals surface area contributed by atoms with Gasteiger partial charge in [-0.2, -0.15) is 0 Å². The van der Waals surface area contributed by atoms with Gasteiger partial charge < -0.3 is 25.0 Å². The molecule has 3 aromatic carbocycles. The highest BCUT2D eigenvalue weighted by atomic mass is 32.2. The molecule has 2 aromatic heterocycles. The van der Waals surface area contributed by atoms with Crippen molar-refractivity contribution in [3.63, 3.8) is 0 Å². The number of pyridine rings is 1. The van der Waals surface area contributed by atoms with E-state index in [0.29, 0.717) is 58.1 Å². The Balaban J connectivity index is 1.16. The van der Waals surface area contributed by atoms with E-state index in [9.17, 15) is 27.2 Å².